The van der Waals surface area contributed by atoms with E-state index in [1.807, 2.05) is 0 Å². The van der Waals surface area contributed by atoms with Gasteiger partial charge in [-0.15, -0.1) is 0 Å². The molecule has 1 fully saturated rings. The first kappa shape index (κ1) is 29.4. The molecule has 2 heterocycles. The summed E-state index contributed by atoms with van der Waals surface area (Å²) in [5.74, 6) is -2.49. The lowest BCUT2D eigenvalue weighted by atomic mass is 9.96. The van der Waals surface area contributed by atoms with Crippen molar-refractivity contribution in [3.63, 3.8) is 0 Å². The van der Waals surface area contributed by atoms with Crippen LogP contribution in [-0.2, 0) is 42.9 Å². The van der Waals surface area contributed by atoms with Gasteiger partial charge in [0.2, 0.25) is 12.2 Å². The molecule has 14 nitrogen and oxygen atoms in total. The standard InChI is InChI=1S/C25H29NO13/c1-12(27)26-22-24(36-15(4)30)23(35-14(3)29)20(10-33-13(2)28)39-25(22)38-19-8-16-6-7-21(31)37-17(16)9-18(19)34-11-32-5/h6-9,20,22-25H,10-11H2,1-5H3,(H,26,27)/t20-,22-,23-,24-,25-/m1/s1. The number of hydrogen-bond donors (Lipinski definition) is 1. The highest BCUT2D eigenvalue weighted by Crippen LogP contribution is 2.36. The van der Waals surface area contributed by atoms with Crippen LogP contribution in [0, 0.1) is 0 Å². The average molecular weight is 552 g/mol. The van der Waals surface area contributed by atoms with Crippen LogP contribution < -0.4 is 20.4 Å². The van der Waals surface area contributed by atoms with Gasteiger partial charge in [0.25, 0.3) is 0 Å². The first-order valence-electron chi connectivity index (χ1n) is 11.7. The maximum atomic E-state index is 12.2. The number of hydrogen-bond acceptors (Lipinski definition) is 13. The second-order valence-electron chi connectivity index (χ2n) is 8.48. The van der Waals surface area contributed by atoms with Crippen molar-refractivity contribution in [3.05, 3.63) is 34.7 Å². The van der Waals surface area contributed by atoms with E-state index in [-0.39, 0.29) is 23.9 Å². The lowest BCUT2D eigenvalue weighted by molar-refractivity contribution is -0.257. The molecule has 3 rings (SSSR count). The van der Waals surface area contributed by atoms with Gasteiger partial charge < -0.3 is 42.9 Å². The van der Waals surface area contributed by atoms with Gasteiger partial charge in [0.1, 0.15) is 24.3 Å². The highest BCUT2D eigenvalue weighted by molar-refractivity contribution is 5.80. The predicted molar refractivity (Wildman–Crippen MR) is 130 cm³/mol. The first-order chi connectivity index (χ1) is 18.5. The fourth-order valence-electron chi connectivity index (χ4n) is 3.92. The molecule has 0 radical (unpaired) electrons. The SMILES string of the molecule is COCOc1cc2oc(=O)ccc2cc1O[C@@H]1O[C@H](COC(C)=O)[C@@H](OC(C)=O)[C@H](OC(C)=O)[C@H]1NC(C)=O. The van der Waals surface area contributed by atoms with E-state index >= 15 is 0 Å². The Morgan fingerprint density at radius 1 is 0.923 bits per heavy atom. The molecule has 0 spiro atoms. The molecule has 1 amide bonds. The van der Waals surface area contributed by atoms with Crippen LogP contribution in [0.5, 0.6) is 11.5 Å². The lowest BCUT2D eigenvalue weighted by Gasteiger charge is -2.44. The van der Waals surface area contributed by atoms with Crippen LogP contribution in [0.4, 0.5) is 0 Å². The minimum absolute atomic E-state index is 0.0764. The Bertz CT molecular complexity index is 1270. The zero-order chi connectivity index (χ0) is 28.7. The highest BCUT2D eigenvalue weighted by Gasteiger charge is 2.52. The topological polar surface area (TPSA) is 175 Å². The number of nitrogens with one attached hydrogen (secondary N) is 1. The smallest absolute Gasteiger partial charge is 0.336 e. The molecule has 1 saturated heterocycles. The summed E-state index contributed by atoms with van der Waals surface area (Å²) in [5, 5.41) is 3.08. The Kier molecular flexibility index (Phi) is 9.84. The zero-order valence-electron chi connectivity index (χ0n) is 21.9. The number of fused-ring (bicyclic) bond motifs is 1. The molecule has 39 heavy (non-hydrogen) atoms. The molecular weight excluding hydrogens is 522 g/mol. The van der Waals surface area contributed by atoms with Gasteiger partial charge in [0, 0.05) is 52.3 Å². The Morgan fingerprint density at radius 2 is 1.62 bits per heavy atom. The van der Waals surface area contributed by atoms with Crippen molar-refractivity contribution in [3.8, 4) is 11.5 Å². The van der Waals surface area contributed by atoms with Crippen molar-refractivity contribution >= 4 is 34.8 Å². The molecule has 2 aromatic rings. The summed E-state index contributed by atoms with van der Waals surface area (Å²) in [4.78, 5) is 59.4. The molecule has 0 bridgehead atoms. The van der Waals surface area contributed by atoms with Crippen molar-refractivity contribution in [2.24, 2.45) is 0 Å². The van der Waals surface area contributed by atoms with Crippen LogP contribution >= 0.6 is 0 Å². The molecule has 212 valence electrons. The van der Waals surface area contributed by atoms with Crippen LogP contribution in [0.1, 0.15) is 27.7 Å². The van der Waals surface area contributed by atoms with Crippen molar-refractivity contribution in [2.75, 3.05) is 20.5 Å². The van der Waals surface area contributed by atoms with Gasteiger partial charge in [0.05, 0.1) is 0 Å². The van der Waals surface area contributed by atoms with Crippen molar-refractivity contribution < 1.29 is 56.8 Å². The fourth-order valence-corrected chi connectivity index (χ4v) is 3.92. The fraction of sp³-hybridized carbons (Fsp3) is 0.480. The normalized spacial score (nSPS) is 22.4. The van der Waals surface area contributed by atoms with Crippen LogP contribution in [0.2, 0.25) is 0 Å². The second kappa shape index (κ2) is 13.1. The predicted octanol–water partition coefficient (Wildman–Crippen LogP) is 0.811. The Labute approximate surface area is 222 Å². The van der Waals surface area contributed by atoms with Gasteiger partial charge >= 0.3 is 23.5 Å². The summed E-state index contributed by atoms with van der Waals surface area (Å²) < 4.78 is 43.9. The number of esters is 3. The largest absolute Gasteiger partial charge is 0.464 e. The Balaban J connectivity index is 2.09. The minimum Gasteiger partial charge on any atom is -0.464 e. The number of carbonyl (C=O) groups is 4. The van der Waals surface area contributed by atoms with E-state index in [2.05, 4.69) is 5.32 Å². The average Bonchev–Trinajstić information content (AvgIpc) is 2.84. The molecule has 0 aliphatic carbocycles. The van der Waals surface area contributed by atoms with E-state index in [4.69, 9.17) is 37.6 Å². The van der Waals surface area contributed by atoms with Crippen LogP contribution in [-0.4, -0.2) is 75.0 Å². The van der Waals surface area contributed by atoms with Gasteiger partial charge in [-0.2, -0.15) is 0 Å². The molecular formula is C25H29NO13. The summed E-state index contributed by atoms with van der Waals surface area (Å²) in [6.45, 7) is 4.08. The maximum Gasteiger partial charge on any atom is 0.336 e. The maximum absolute atomic E-state index is 12.2. The van der Waals surface area contributed by atoms with Gasteiger partial charge in [-0.05, 0) is 12.1 Å². The van der Waals surface area contributed by atoms with Gasteiger partial charge in [-0.25, -0.2) is 4.79 Å². The monoisotopic (exact) mass is 551 g/mol. The third kappa shape index (κ3) is 7.91. The van der Waals surface area contributed by atoms with Crippen LogP contribution in [0.25, 0.3) is 11.0 Å². The number of methoxy groups -OCH3 is 1. The molecule has 5 atom stereocenters. The minimum atomic E-state index is -1.39. The van der Waals surface area contributed by atoms with E-state index in [1.54, 1.807) is 0 Å². The van der Waals surface area contributed by atoms with Crippen molar-refractivity contribution in [2.45, 2.75) is 58.3 Å². The number of carbonyl (C=O) groups excluding carboxylic acids is 4. The van der Waals surface area contributed by atoms with E-state index in [9.17, 15) is 24.0 Å². The van der Waals surface area contributed by atoms with Crippen LogP contribution in [0.3, 0.4) is 0 Å². The van der Waals surface area contributed by atoms with Crippen LogP contribution in [0.15, 0.2) is 33.5 Å². The molecule has 0 saturated carbocycles. The Morgan fingerprint density at radius 3 is 2.23 bits per heavy atom. The van der Waals surface area contributed by atoms with Gasteiger partial charge in [0.15, 0.2) is 30.5 Å². The second-order valence-corrected chi connectivity index (χ2v) is 8.48. The molecule has 1 aromatic heterocycles. The Hall–Kier alpha value is -4.17. The number of benzene rings is 1. The third-order valence-electron chi connectivity index (χ3n) is 5.33. The summed E-state index contributed by atoms with van der Waals surface area (Å²) in [7, 11) is 1.40. The summed E-state index contributed by atoms with van der Waals surface area (Å²) in [6, 6.07) is 4.42. The zero-order valence-corrected chi connectivity index (χ0v) is 21.9. The molecule has 1 N–H and O–H groups in total. The summed E-state index contributed by atoms with van der Waals surface area (Å²) in [5.41, 5.74) is -0.381. The van der Waals surface area contributed by atoms with Crippen molar-refractivity contribution in [1.29, 1.82) is 0 Å². The van der Waals surface area contributed by atoms with E-state index < -0.39 is 66.7 Å². The van der Waals surface area contributed by atoms with E-state index in [0.717, 1.165) is 13.8 Å². The summed E-state index contributed by atoms with van der Waals surface area (Å²) >= 11 is 0. The third-order valence-corrected chi connectivity index (χ3v) is 5.33. The first-order valence-corrected chi connectivity index (χ1v) is 11.7. The highest BCUT2D eigenvalue weighted by atomic mass is 16.7. The van der Waals surface area contributed by atoms with Gasteiger partial charge in [-0.3, -0.25) is 19.2 Å². The quantitative estimate of drug-likeness (QED) is 0.190. The van der Waals surface area contributed by atoms with Gasteiger partial charge in [-0.1, -0.05) is 0 Å². The molecule has 1 aromatic carbocycles. The summed E-state index contributed by atoms with van der Waals surface area (Å²) in [6.07, 6.45) is -5.14. The number of rotatable bonds is 10. The molecule has 1 aliphatic rings. The van der Waals surface area contributed by atoms with E-state index in [0.29, 0.717) is 5.39 Å². The van der Waals surface area contributed by atoms with Crippen molar-refractivity contribution in [1.82, 2.24) is 5.32 Å². The number of amides is 1. The lowest BCUT2D eigenvalue weighted by Crippen LogP contribution is -2.67. The molecule has 14 heteroatoms. The number of ether oxygens (including phenoxy) is 7. The molecule has 0 unspecified atom stereocenters. The van der Waals surface area contributed by atoms with E-state index in [1.165, 1.54) is 45.2 Å². The molecule has 1 aliphatic heterocycles.